The van der Waals surface area contributed by atoms with E-state index in [1.165, 1.54) is 12.0 Å². The summed E-state index contributed by atoms with van der Waals surface area (Å²) in [6.45, 7) is 8.66. The highest BCUT2D eigenvalue weighted by Crippen LogP contribution is 2.44. The number of fused-ring (bicyclic) bond motifs is 1. The van der Waals surface area contributed by atoms with Gasteiger partial charge in [-0.25, -0.2) is 9.59 Å². The van der Waals surface area contributed by atoms with Crippen molar-refractivity contribution in [3.63, 3.8) is 0 Å². The Kier molecular flexibility index (Phi) is 4.97. The molecule has 0 aromatic heterocycles. The minimum atomic E-state index is -0.622. The molecule has 2 rings (SSSR count). The molecule has 7 heteroatoms. The Morgan fingerprint density at radius 2 is 2.04 bits per heavy atom. The van der Waals surface area contributed by atoms with Crippen LogP contribution in [0.3, 0.4) is 0 Å². The molecule has 0 radical (unpaired) electrons. The molecule has 1 heterocycles. The molecule has 23 heavy (non-hydrogen) atoms. The van der Waals surface area contributed by atoms with E-state index in [-0.39, 0.29) is 12.0 Å². The molecule has 0 aromatic rings. The highest BCUT2D eigenvalue weighted by molar-refractivity contribution is 5.82. The first-order valence-corrected chi connectivity index (χ1v) is 7.65. The quantitative estimate of drug-likeness (QED) is 0.345. The minimum absolute atomic E-state index is 0.0892. The third kappa shape index (κ3) is 3.83. The highest BCUT2D eigenvalue weighted by Gasteiger charge is 2.51. The van der Waals surface area contributed by atoms with Crippen LogP contribution in [0.2, 0.25) is 0 Å². The van der Waals surface area contributed by atoms with Gasteiger partial charge >= 0.3 is 12.1 Å². The van der Waals surface area contributed by atoms with Crippen molar-refractivity contribution in [2.45, 2.75) is 57.7 Å². The van der Waals surface area contributed by atoms with Gasteiger partial charge < -0.3 is 14.3 Å². The number of methoxy groups -OCH3 is 1. The van der Waals surface area contributed by atoms with Crippen LogP contribution in [0.25, 0.3) is 0 Å². The molecule has 0 aromatic carbocycles. The molecule has 0 bridgehead atoms. The summed E-state index contributed by atoms with van der Waals surface area (Å²) in [5, 5.41) is 3.35. The molecule has 7 nitrogen and oxygen atoms in total. The van der Waals surface area contributed by atoms with Gasteiger partial charge in [0.2, 0.25) is 0 Å². The molecule has 2 aliphatic rings. The molecular formula is C16H24N2O5. The Morgan fingerprint density at radius 3 is 2.61 bits per heavy atom. The summed E-state index contributed by atoms with van der Waals surface area (Å²) in [7, 11) is 1.33. The van der Waals surface area contributed by atoms with Crippen molar-refractivity contribution in [1.29, 1.82) is 0 Å². The van der Waals surface area contributed by atoms with Crippen LogP contribution in [0.5, 0.6) is 0 Å². The normalized spacial score (nSPS) is 28.4. The fraction of sp³-hybridized carbons (Fsp3) is 0.688. The number of hydrogen-bond acceptors (Lipinski definition) is 6. The third-order valence-corrected chi connectivity index (χ3v) is 4.13. The minimum Gasteiger partial charge on any atom is -0.467 e. The first kappa shape index (κ1) is 17.3. The number of oxime groups is 1. The van der Waals surface area contributed by atoms with Crippen molar-refractivity contribution < 1.29 is 23.9 Å². The maximum atomic E-state index is 12.6. The number of amides is 1. The molecule has 3 atom stereocenters. The molecule has 0 spiro atoms. The molecule has 3 unspecified atom stereocenters. The Labute approximate surface area is 136 Å². The van der Waals surface area contributed by atoms with Crippen LogP contribution in [0.1, 0.15) is 40.0 Å². The average molecular weight is 324 g/mol. The van der Waals surface area contributed by atoms with Gasteiger partial charge in [0.15, 0.2) is 0 Å². The first-order chi connectivity index (χ1) is 10.8. The van der Waals surface area contributed by atoms with Crippen molar-refractivity contribution in [1.82, 2.24) is 4.90 Å². The summed E-state index contributed by atoms with van der Waals surface area (Å²) < 4.78 is 10.3. The number of carbonyl (C=O) groups is 2. The third-order valence-electron chi connectivity index (χ3n) is 4.13. The van der Waals surface area contributed by atoms with Gasteiger partial charge in [-0.05, 0) is 51.5 Å². The highest BCUT2D eigenvalue weighted by atomic mass is 16.6. The maximum Gasteiger partial charge on any atom is 0.411 e. The van der Waals surface area contributed by atoms with E-state index in [1.807, 2.05) is 0 Å². The van der Waals surface area contributed by atoms with Crippen molar-refractivity contribution >= 4 is 18.8 Å². The summed E-state index contributed by atoms with van der Waals surface area (Å²) in [5.41, 5.74) is 0.424. The molecular weight excluding hydrogens is 300 g/mol. The lowest BCUT2D eigenvalue weighted by Crippen LogP contribution is -2.47. The number of rotatable bonds is 3. The SMILES string of the molecule is C=NO/C=C1\CC2CC(C(=O)OC)N(C(=O)OC(C)(C)C)C2C1. The smallest absolute Gasteiger partial charge is 0.411 e. The van der Waals surface area contributed by atoms with E-state index in [2.05, 4.69) is 11.9 Å². The molecule has 128 valence electrons. The fourth-order valence-electron chi connectivity index (χ4n) is 3.32. The monoisotopic (exact) mass is 324 g/mol. The molecule has 1 saturated heterocycles. The standard InChI is InChI=1S/C16H24N2O5/c1-16(2,3)23-15(20)18-12-7-10(9-22-17-4)6-11(12)8-13(18)14(19)21-5/h9,11-13H,4,6-8H2,1-3,5H3/b10-9+. The van der Waals surface area contributed by atoms with E-state index in [0.29, 0.717) is 12.8 Å². The van der Waals surface area contributed by atoms with Crippen molar-refractivity contribution in [2.75, 3.05) is 7.11 Å². The second kappa shape index (κ2) is 6.60. The maximum absolute atomic E-state index is 12.6. The second-order valence-electron chi connectivity index (χ2n) is 6.91. The molecule has 1 saturated carbocycles. The summed E-state index contributed by atoms with van der Waals surface area (Å²) in [4.78, 5) is 31.0. The zero-order valence-electron chi connectivity index (χ0n) is 14.1. The van der Waals surface area contributed by atoms with Gasteiger partial charge in [0.1, 0.15) is 17.9 Å². The number of carbonyl (C=O) groups excluding carboxylic acids is 2. The van der Waals surface area contributed by atoms with Gasteiger partial charge in [0.25, 0.3) is 0 Å². The van der Waals surface area contributed by atoms with E-state index < -0.39 is 23.7 Å². The van der Waals surface area contributed by atoms with E-state index in [0.717, 1.165) is 12.0 Å². The Morgan fingerprint density at radius 1 is 1.35 bits per heavy atom. The number of esters is 1. The Bertz CT molecular complexity index is 523. The van der Waals surface area contributed by atoms with E-state index in [4.69, 9.17) is 14.3 Å². The van der Waals surface area contributed by atoms with Crippen molar-refractivity contribution in [2.24, 2.45) is 11.1 Å². The summed E-state index contributed by atoms with van der Waals surface area (Å²) >= 11 is 0. The molecule has 1 aliphatic heterocycles. The zero-order chi connectivity index (χ0) is 17.2. The summed E-state index contributed by atoms with van der Waals surface area (Å²) in [6.07, 6.45) is 3.03. The van der Waals surface area contributed by atoms with Gasteiger partial charge in [-0.1, -0.05) is 5.16 Å². The van der Waals surface area contributed by atoms with Crippen molar-refractivity contribution in [3.05, 3.63) is 11.8 Å². The van der Waals surface area contributed by atoms with Crippen LogP contribution in [-0.4, -0.2) is 48.5 Å². The molecule has 1 amide bonds. The largest absolute Gasteiger partial charge is 0.467 e. The Balaban J connectivity index is 2.20. The van der Waals surface area contributed by atoms with Gasteiger partial charge in [-0.3, -0.25) is 4.90 Å². The summed E-state index contributed by atoms with van der Waals surface area (Å²) in [6, 6.07) is -0.682. The van der Waals surface area contributed by atoms with Crippen LogP contribution in [-0.2, 0) is 19.1 Å². The predicted octanol–water partition coefficient (Wildman–Crippen LogP) is 2.46. The zero-order valence-corrected chi connectivity index (χ0v) is 14.1. The lowest BCUT2D eigenvalue weighted by atomic mass is 10.0. The second-order valence-corrected chi connectivity index (χ2v) is 6.91. The molecule has 1 aliphatic carbocycles. The van der Waals surface area contributed by atoms with E-state index >= 15 is 0 Å². The van der Waals surface area contributed by atoms with Crippen LogP contribution < -0.4 is 0 Å². The average Bonchev–Trinajstić information content (AvgIpc) is 2.98. The molecule has 0 N–H and O–H groups in total. The first-order valence-electron chi connectivity index (χ1n) is 7.65. The lowest BCUT2D eigenvalue weighted by molar-refractivity contribution is -0.146. The number of hydrogen-bond donors (Lipinski definition) is 0. The van der Waals surface area contributed by atoms with Gasteiger partial charge in [-0.2, -0.15) is 0 Å². The van der Waals surface area contributed by atoms with Gasteiger partial charge in [0.05, 0.1) is 7.11 Å². The molecule has 2 fully saturated rings. The fourth-order valence-corrected chi connectivity index (χ4v) is 3.32. The van der Waals surface area contributed by atoms with E-state index in [1.54, 1.807) is 27.0 Å². The predicted molar refractivity (Wildman–Crippen MR) is 83.7 cm³/mol. The lowest BCUT2D eigenvalue weighted by Gasteiger charge is -2.31. The van der Waals surface area contributed by atoms with Crippen LogP contribution in [0, 0.1) is 5.92 Å². The van der Waals surface area contributed by atoms with Crippen LogP contribution in [0.15, 0.2) is 17.0 Å². The van der Waals surface area contributed by atoms with Crippen molar-refractivity contribution in [3.8, 4) is 0 Å². The number of nitrogens with zero attached hydrogens (tertiary/aromatic N) is 2. The number of ether oxygens (including phenoxy) is 2. The van der Waals surface area contributed by atoms with E-state index in [9.17, 15) is 9.59 Å². The van der Waals surface area contributed by atoms with Gasteiger partial charge in [0, 0.05) is 12.8 Å². The van der Waals surface area contributed by atoms with Crippen LogP contribution in [0.4, 0.5) is 4.79 Å². The topological polar surface area (TPSA) is 77.4 Å². The summed E-state index contributed by atoms with van der Waals surface area (Å²) in [5.74, 6) is -0.217. The Hall–Kier alpha value is -2.05. The number of likely N-dealkylation sites (tertiary alicyclic amines) is 1. The van der Waals surface area contributed by atoms with Gasteiger partial charge in [-0.15, -0.1) is 0 Å². The van der Waals surface area contributed by atoms with Crippen LogP contribution >= 0.6 is 0 Å².